The zero-order valence-corrected chi connectivity index (χ0v) is 43.3. The van der Waals surface area contributed by atoms with Crippen LogP contribution in [0.2, 0.25) is 0 Å². The van der Waals surface area contributed by atoms with Crippen molar-refractivity contribution in [2.75, 3.05) is 13.2 Å². The summed E-state index contributed by atoms with van der Waals surface area (Å²) in [6.07, 6.45) is 65.2. The van der Waals surface area contributed by atoms with E-state index in [4.69, 9.17) is 14.2 Å². The van der Waals surface area contributed by atoms with Crippen molar-refractivity contribution in [2.24, 2.45) is 0 Å². The third kappa shape index (κ3) is 52.2. The van der Waals surface area contributed by atoms with Gasteiger partial charge in [0.25, 0.3) is 0 Å². The molecule has 0 fully saturated rings. The first-order chi connectivity index (χ1) is 32.0. The summed E-state index contributed by atoms with van der Waals surface area (Å²) in [7, 11) is 0. The summed E-state index contributed by atoms with van der Waals surface area (Å²) in [5.74, 6) is -0.884. The fourth-order valence-electron chi connectivity index (χ4n) is 8.14. The molecule has 378 valence electrons. The summed E-state index contributed by atoms with van der Waals surface area (Å²) in [6.45, 7) is 6.52. The Morgan fingerprint density at radius 1 is 0.323 bits per heavy atom. The Morgan fingerprint density at radius 2 is 0.615 bits per heavy atom. The van der Waals surface area contributed by atoms with Crippen molar-refractivity contribution in [1.29, 1.82) is 0 Å². The van der Waals surface area contributed by atoms with Gasteiger partial charge in [0.15, 0.2) is 6.10 Å². The van der Waals surface area contributed by atoms with E-state index in [1.54, 1.807) is 0 Å². The second kappa shape index (κ2) is 54.0. The molecule has 0 bridgehead atoms. The molecule has 0 aliphatic carbocycles. The first-order valence-electron chi connectivity index (χ1n) is 28.2. The van der Waals surface area contributed by atoms with Crippen LogP contribution in [0.25, 0.3) is 0 Å². The van der Waals surface area contributed by atoms with Crippen molar-refractivity contribution < 1.29 is 28.6 Å². The topological polar surface area (TPSA) is 78.9 Å². The third-order valence-corrected chi connectivity index (χ3v) is 12.4. The van der Waals surface area contributed by atoms with Gasteiger partial charge in [-0.2, -0.15) is 0 Å². The van der Waals surface area contributed by atoms with Crippen molar-refractivity contribution in [3.63, 3.8) is 0 Å². The maximum atomic E-state index is 12.8. The minimum absolute atomic E-state index is 0.0786. The van der Waals surface area contributed by atoms with Gasteiger partial charge in [-0.05, 0) is 64.2 Å². The molecule has 65 heavy (non-hydrogen) atoms. The first kappa shape index (κ1) is 62.4. The molecule has 6 nitrogen and oxygen atoms in total. The Hall–Kier alpha value is -2.63. The lowest BCUT2D eigenvalue weighted by atomic mass is 10.0. The van der Waals surface area contributed by atoms with E-state index in [1.165, 1.54) is 173 Å². The van der Waals surface area contributed by atoms with Gasteiger partial charge >= 0.3 is 17.9 Å². The highest BCUT2D eigenvalue weighted by Gasteiger charge is 2.19. The Bertz CT molecular complexity index is 1140. The van der Waals surface area contributed by atoms with Crippen LogP contribution in [0.5, 0.6) is 0 Å². The van der Waals surface area contributed by atoms with Crippen LogP contribution < -0.4 is 0 Å². The molecule has 0 aromatic carbocycles. The lowest BCUT2D eigenvalue weighted by Gasteiger charge is -2.18. The second-order valence-electron chi connectivity index (χ2n) is 18.9. The molecule has 0 aromatic rings. The zero-order valence-electron chi connectivity index (χ0n) is 43.3. The highest BCUT2D eigenvalue weighted by atomic mass is 16.6. The predicted octanol–water partition coefficient (Wildman–Crippen LogP) is 18.7. The van der Waals surface area contributed by atoms with Gasteiger partial charge in [0.2, 0.25) is 0 Å². The Morgan fingerprint density at radius 3 is 0.969 bits per heavy atom. The van der Waals surface area contributed by atoms with Gasteiger partial charge in [0.1, 0.15) is 13.2 Å². The standard InChI is InChI=1S/C59H106O6/c1-4-7-10-13-16-19-22-25-28-31-34-37-40-43-46-49-52-58(61)64-55-56(54-63-57(60)51-48-45-42-39-36-33-30-27-24-21-18-15-12-9-6-3)65-59(62)53-50-47-44-41-38-35-32-29-26-23-20-17-14-11-8-5-2/h9,12,15,18,21,24,28,31,56H,4-8,10-11,13-14,16-17,19-20,22-23,25-27,29-30,32-55H2,1-3H3/b12-9-,18-15-,24-21-,31-28-. The minimum atomic E-state index is -0.779. The molecule has 0 amide bonds. The summed E-state index contributed by atoms with van der Waals surface area (Å²) < 4.78 is 16.9. The third-order valence-electron chi connectivity index (χ3n) is 12.4. The van der Waals surface area contributed by atoms with E-state index in [9.17, 15) is 14.4 Å². The van der Waals surface area contributed by atoms with Gasteiger partial charge in [-0.15, -0.1) is 0 Å². The zero-order chi connectivity index (χ0) is 47.2. The molecule has 0 heterocycles. The fourth-order valence-corrected chi connectivity index (χ4v) is 8.14. The average molecular weight is 911 g/mol. The maximum absolute atomic E-state index is 12.8. The van der Waals surface area contributed by atoms with E-state index in [-0.39, 0.29) is 31.1 Å². The van der Waals surface area contributed by atoms with Crippen LogP contribution in [0.15, 0.2) is 48.6 Å². The second-order valence-corrected chi connectivity index (χ2v) is 18.9. The quantitative estimate of drug-likeness (QED) is 0.0199. The van der Waals surface area contributed by atoms with Crippen molar-refractivity contribution >= 4 is 17.9 Å². The van der Waals surface area contributed by atoms with Crippen molar-refractivity contribution in [1.82, 2.24) is 0 Å². The van der Waals surface area contributed by atoms with Crippen molar-refractivity contribution in [3.8, 4) is 0 Å². The van der Waals surface area contributed by atoms with Crippen LogP contribution in [0, 0.1) is 0 Å². The Balaban J connectivity index is 4.37. The molecule has 0 spiro atoms. The van der Waals surface area contributed by atoms with Gasteiger partial charge in [0, 0.05) is 19.3 Å². The van der Waals surface area contributed by atoms with Gasteiger partial charge in [0.05, 0.1) is 0 Å². The molecule has 0 saturated heterocycles. The Labute approximate surface area is 403 Å². The number of esters is 3. The lowest BCUT2D eigenvalue weighted by molar-refractivity contribution is -0.167. The van der Waals surface area contributed by atoms with Gasteiger partial charge < -0.3 is 14.2 Å². The molecule has 0 aliphatic heterocycles. The molecule has 0 saturated carbocycles. The predicted molar refractivity (Wildman–Crippen MR) is 279 cm³/mol. The van der Waals surface area contributed by atoms with Gasteiger partial charge in [-0.25, -0.2) is 0 Å². The number of carbonyl (C=O) groups excluding carboxylic acids is 3. The summed E-state index contributed by atoms with van der Waals surface area (Å²) in [5, 5.41) is 0. The average Bonchev–Trinajstić information content (AvgIpc) is 3.30. The van der Waals surface area contributed by atoms with Gasteiger partial charge in [-0.3, -0.25) is 14.4 Å². The maximum Gasteiger partial charge on any atom is 0.306 e. The monoisotopic (exact) mass is 911 g/mol. The minimum Gasteiger partial charge on any atom is -0.462 e. The molecule has 1 atom stereocenters. The summed E-state index contributed by atoms with van der Waals surface area (Å²) in [6, 6.07) is 0. The van der Waals surface area contributed by atoms with E-state index in [1.807, 2.05) is 0 Å². The number of unbranched alkanes of at least 4 members (excludes halogenated alkanes) is 34. The molecule has 0 aromatic heterocycles. The highest BCUT2D eigenvalue weighted by Crippen LogP contribution is 2.16. The smallest absolute Gasteiger partial charge is 0.306 e. The Kier molecular flexibility index (Phi) is 51.8. The number of rotatable bonds is 51. The van der Waals surface area contributed by atoms with E-state index in [0.717, 1.165) is 77.0 Å². The summed E-state index contributed by atoms with van der Waals surface area (Å²) >= 11 is 0. The molecular weight excluding hydrogens is 805 g/mol. The van der Waals surface area contributed by atoms with Gasteiger partial charge in [-0.1, -0.05) is 256 Å². The lowest BCUT2D eigenvalue weighted by Crippen LogP contribution is -2.30. The van der Waals surface area contributed by atoms with E-state index < -0.39 is 6.10 Å². The van der Waals surface area contributed by atoms with E-state index in [2.05, 4.69) is 69.4 Å². The number of hydrogen-bond acceptors (Lipinski definition) is 6. The summed E-state index contributed by atoms with van der Waals surface area (Å²) in [4.78, 5) is 38.1. The molecule has 1 unspecified atom stereocenters. The largest absolute Gasteiger partial charge is 0.462 e. The van der Waals surface area contributed by atoms with Crippen molar-refractivity contribution in [2.45, 2.75) is 297 Å². The molecule has 0 N–H and O–H groups in total. The van der Waals surface area contributed by atoms with Crippen LogP contribution in [0.1, 0.15) is 290 Å². The van der Waals surface area contributed by atoms with Crippen LogP contribution >= 0.6 is 0 Å². The first-order valence-corrected chi connectivity index (χ1v) is 28.2. The molecular formula is C59H106O6. The van der Waals surface area contributed by atoms with E-state index >= 15 is 0 Å². The fraction of sp³-hybridized carbons (Fsp3) is 0.814. The van der Waals surface area contributed by atoms with E-state index in [0.29, 0.717) is 19.3 Å². The van der Waals surface area contributed by atoms with Crippen LogP contribution in [0.4, 0.5) is 0 Å². The normalized spacial score (nSPS) is 12.4. The molecule has 0 rings (SSSR count). The SMILES string of the molecule is CC\C=C/C=C\C=C/CCCCCCCCCC(=O)OCC(COC(=O)CCCCCCC/C=C\CCCCCCCCC)OC(=O)CCCCCCCCCCCCCCCCCC. The number of hydrogen-bond donors (Lipinski definition) is 0. The number of carbonyl (C=O) groups is 3. The molecule has 0 aliphatic rings. The number of ether oxygens (including phenoxy) is 3. The molecule has 6 heteroatoms. The van der Waals surface area contributed by atoms with Crippen LogP contribution in [0.3, 0.4) is 0 Å². The van der Waals surface area contributed by atoms with Crippen molar-refractivity contribution in [3.05, 3.63) is 48.6 Å². The van der Waals surface area contributed by atoms with Crippen LogP contribution in [-0.2, 0) is 28.6 Å². The number of allylic oxidation sites excluding steroid dienone is 8. The molecule has 0 radical (unpaired) electrons. The summed E-state index contributed by atoms with van der Waals surface area (Å²) in [5.41, 5.74) is 0. The van der Waals surface area contributed by atoms with Crippen LogP contribution in [-0.4, -0.2) is 37.2 Å². The highest BCUT2D eigenvalue weighted by molar-refractivity contribution is 5.71.